The van der Waals surface area contributed by atoms with Crippen molar-refractivity contribution in [3.05, 3.63) is 24.0 Å². The van der Waals surface area contributed by atoms with Crippen LogP contribution in [0.15, 0.2) is 18.5 Å². The Hall–Kier alpha value is -1.58. The fraction of sp³-hybridized carbons (Fsp3) is 0.400. The lowest BCUT2D eigenvalue weighted by molar-refractivity contribution is 0.818. The van der Waals surface area contributed by atoms with E-state index >= 15 is 0 Å². The third-order valence-electron chi connectivity index (χ3n) is 2.66. The van der Waals surface area contributed by atoms with Crippen molar-refractivity contribution in [2.75, 3.05) is 5.73 Å². The van der Waals surface area contributed by atoms with Crippen molar-refractivity contribution >= 4 is 11.5 Å². The van der Waals surface area contributed by atoms with E-state index in [0.29, 0.717) is 5.82 Å². The van der Waals surface area contributed by atoms with E-state index in [1.807, 2.05) is 12.3 Å². The van der Waals surface area contributed by atoms with Crippen LogP contribution < -0.4 is 5.73 Å². The molecule has 0 unspecified atom stereocenters. The Bertz CT molecular complexity index is 470. The number of nitrogens with two attached hydrogens (primary N) is 1. The number of aromatic nitrogens is 3. The largest absolute Gasteiger partial charge is 0.382 e. The predicted octanol–water partition coefficient (Wildman–Crippen LogP) is 1.26. The van der Waals surface area contributed by atoms with E-state index in [0.717, 1.165) is 18.0 Å². The molecule has 1 aliphatic carbocycles. The van der Waals surface area contributed by atoms with E-state index in [-0.39, 0.29) is 0 Å². The average Bonchev–Trinajstić information content (AvgIpc) is 2.81. The molecule has 3 rings (SSSR count). The SMILES string of the molecule is Nc1cc(CC2CC2)c2nccn2n1. The normalized spacial score (nSPS) is 16.3. The molecular formula is C10H12N4. The van der Waals surface area contributed by atoms with Gasteiger partial charge in [0.25, 0.3) is 0 Å². The Morgan fingerprint density at radius 2 is 2.36 bits per heavy atom. The Labute approximate surface area is 81.8 Å². The number of nitrogen functional groups attached to an aromatic ring is 1. The lowest BCUT2D eigenvalue weighted by Crippen LogP contribution is -2.02. The van der Waals surface area contributed by atoms with Gasteiger partial charge in [-0.1, -0.05) is 0 Å². The van der Waals surface area contributed by atoms with E-state index in [4.69, 9.17) is 5.73 Å². The highest BCUT2D eigenvalue weighted by Crippen LogP contribution is 2.33. The van der Waals surface area contributed by atoms with Crippen LogP contribution in [0, 0.1) is 5.92 Å². The molecule has 1 aliphatic rings. The second kappa shape index (κ2) is 2.70. The molecule has 2 heterocycles. The van der Waals surface area contributed by atoms with Gasteiger partial charge in [0.05, 0.1) is 0 Å². The Morgan fingerprint density at radius 3 is 3.14 bits per heavy atom. The van der Waals surface area contributed by atoms with Gasteiger partial charge in [-0.3, -0.25) is 0 Å². The molecule has 72 valence electrons. The zero-order valence-electron chi connectivity index (χ0n) is 7.85. The van der Waals surface area contributed by atoms with E-state index < -0.39 is 0 Å². The Morgan fingerprint density at radius 1 is 1.50 bits per heavy atom. The van der Waals surface area contributed by atoms with Crippen LogP contribution in [0.5, 0.6) is 0 Å². The van der Waals surface area contributed by atoms with Gasteiger partial charge in [0.1, 0.15) is 5.82 Å². The summed E-state index contributed by atoms with van der Waals surface area (Å²) in [7, 11) is 0. The quantitative estimate of drug-likeness (QED) is 0.772. The lowest BCUT2D eigenvalue weighted by atomic mass is 10.1. The minimum atomic E-state index is 0.575. The van der Waals surface area contributed by atoms with Crippen molar-refractivity contribution in [2.45, 2.75) is 19.3 Å². The molecule has 0 bridgehead atoms. The van der Waals surface area contributed by atoms with Gasteiger partial charge in [0.2, 0.25) is 0 Å². The molecule has 1 fully saturated rings. The highest BCUT2D eigenvalue weighted by atomic mass is 15.3. The van der Waals surface area contributed by atoms with Crippen LogP contribution in [0.4, 0.5) is 5.82 Å². The molecule has 14 heavy (non-hydrogen) atoms. The minimum absolute atomic E-state index is 0.575. The van der Waals surface area contributed by atoms with Gasteiger partial charge in [-0.25, -0.2) is 9.50 Å². The Kier molecular flexibility index (Phi) is 1.50. The minimum Gasteiger partial charge on any atom is -0.382 e. The second-order valence-electron chi connectivity index (χ2n) is 3.94. The second-order valence-corrected chi connectivity index (χ2v) is 3.94. The molecule has 2 aromatic heterocycles. The van der Waals surface area contributed by atoms with Crippen LogP contribution in [0.3, 0.4) is 0 Å². The molecule has 0 aromatic carbocycles. The maximum atomic E-state index is 5.72. The summed E-state index contributed by atoms with van der Waals surface area (Å²) in [5.41, 5.74) is 7.90. The van der Waals surface area contributed by atoms with Crippen molar-refractivity contribution < 1.29 is 0 Å². The zero-order chi connectivity index (χ0) is 9.54. The van der Waals surface area contributed by atoms with Crippen molar-refractivity contribution in [1.82, 2.24) is 14.6 Å². The number of hydrogen-bond acceptors (Lipinski definition) is 3. The summed E-state index contributed by atoms with van der Waals surface area (Å²) in [6, 6.07) is 1.95. The van der Waals surface area contributed by atoms with E-state index in [1.165, 1.54) is 18.4 Å². The summed E-state index contributed by atoms with van der Waals surface area (Å²) in [4.78, 5) is 4.29. The summed E-state index contributed by atoms with van der Waals surface area (Å²) in [6.45, 7) is 0. The first-order valence-corrected chi connectivity index (χ1v) is 4.91. The number of nitrogens with zero attached hydrogens (tertiary/aromatic N) is 3. The van der Waals surface area contributed by atoms with Gasteiger partial charge in [0.15, 0.2) is 5.65 Å². The van der Waals surface area contributed by atoms with E-state index in [9.17, 15) is 0 Å². The highest BCUT2D eigenvalue weighted by Gasteiger charge is 2.23. The maximum absolute atomic E-state index is 5.72. The van der Waals surface area contributed by atoms with Gasteiger partial charge in [-0.05, 0) is 31.2 Å². The van der Waals surface area contributed by atoms with Crippen molar-refractivity contribution in [3.8, 4) is 0 Å². The van der Waals surface area contributed by atoms with Crippen molar-refractivity contribution in [2.24, 2.45) is 5.92 Å². The molecule has 4 heteroatoms. The van der Waals surface area contributed by atoms with Gasteiger partial charge in [0, 0.05) is 18.0 Å². The van der Waals surface area contributed by atoms with Crippen LogP contribution in [-0.4, -0.2) is 14.6 Å². The third-order valence-corrected chi connectivity index (χ3v) is 2.66. The summed E-state index contributed by atoms with van der Waals surface area (Å²) >= 11 is 0. The van der Waals surface area contributed by atoms with Crippen LogP contribution >= 0.6 is 0 Å². The zero-order valence-corrected chi connectivity index (χ0v) is 7.85. The summed E-state index contributed by atoms with van der Waals surface area (Å²) in [5, 5.41) is 4.16. The third kappa shape index (κ3) is 1.23. The molecule has 4 nitrogen and oxygen atoms in total. The van der Waals surface area contributed by atoms with Crippen LogP contribution in [0.25, 0.3) is 5.65 Å². The summed E-state index contributed by atoms with van der Waals surface area (Å²) < 4.78 is 1.76. The molecule has 2 N–H and O–H groups in total. The molecule has 0 atom stereocenters. The number of imidazole rings is 1. The maximum Gasteiger partial charge on any atom is 0.156 e. The first-order valence-electron chi connectivity index (χ1n) is 4.91. The van der Waals surface area contributed by atoms with Crippen LogP contribution in [0.2, 0.25) is 0 Å². The van der Waals surface area contributed by atoms with Gasteiger partial charge in [-0.2, -0.15) is 0 Å². The molecule has 0 aliphatic heterocycles. The molecule has 0 radical (unpaired) electrons. The lowest BCUT2D eigenvalue weighted by Gasteiger charge is -2.03. The summed E-state index contributed by atoms with van der Waals surface area (Å²) in [6.07, 6.45) is 7.37. The monoisotopic (exact) mass is 188 g/mol. The van der Waals surface area contributed by atoms with Gasteiger partial charge in [-0.15, -0.1) is 5.10 Å². The van der Waals surface area contributed by atoms with Crippen molar-refractivity contribution in [1.29, 1.82) is 0 Å². The molecule has 0 saturated heterocycles. The standard InChI is InChI=1S/C10H12N4/c11-9-6-8(5-7-1-2-7)10-12-3-4-14(10)13-9/h3-4,6-7H,1-2,5H2,(H2,11,13). The highest BCUT2D eigenvalue weighted by molar-refractivity contribution is 5.51. The number of hydrogen-bond donors (Lipinski definition) is 1. The predicted molar refractivity (Wildman–Crippen MR) is 53.8 cm³/mol. The first-order chi connectivity index (χ1) is 6.83. The van der Waals surface area contributed by atoms with Gasteiger partial charge < -0.3 is 5.73 Å². The number of fused-ring (bicyclic) bond motifs is 1. The van der Waals surface area contributed by atoms with Gasteiger partial charge >= 0.3 is 0 Å². The van der Waals surface area contributed by atoms with Crippen LogP contribution in [-0.2, 0) is 6.42 Å². The molecule has 0 spiro atoms. The van der Waals surface area contributed by atoms with E-state index in [1.54, 1.807) is 10.7 Å². The van der Waals surface area contributed by atoms with Crippen LogP contribution in [0.1, 0.15) is 18.4 Å². The van der Waals surface area contributed by atoms with Crippen molar-refractivity contribution in [3.63, 3.8) is 0 Å². The van der Waals surface area contributed by atoms with E-state index in [2.05, 4.69) is 10.1 Å². The molecule has 2 aromatic rings. The number of anilines is 1. The fourth-order valence-corrected chi connectivity index (χ4v) is 1.79. The average molecular weight is 188 g/mol. The number of rotatable bonds is 2. The smallest absolute Gasteiger partial charge is 0.156 e. The first kappa shape index (κ1) is 7.79. The topological polar surface area (TPSA) is 56.2 Å². The molecule has 1 saturated carbocycles. The molecular weight excluding hydrogens is 176 g/mol. The fourth-order valence-electron chi connectivity index (χ4n) is 1.79. The molecule has 0 amide bonds. The summed E-state index contributed by atoms with van der Waals surface area (Å²) in [5.74, 6) is 1.42. The Balaban J connectivity index is 2.13.